The molecule has 19 heavy (non-hydrogen) atoms. The second-order valence-electron chi connectivity index (χ2n) is 4.93. The van der Waals surface area contributed by atoms with Crippen LogP contribution in [0.1, 0.15) is 29.3 Å². The number of carbonyl (C=O) groups is 1. The van der Waals surface area contributed by atoms with E-state index in [-0.39, 0.29) is 5.91 Å². The lowest BCUT2D eigenvalue weighted by molar-refractivity contribution is 0.0761. The van der Waals surface area contributed by atoms with Gasteiger partial charge in [-0.15, -0.1) is 0 Å². The molecule has 0 radical (unpaired) electrons. The lowest BCUT2D eigenvalue weighted by atomic mass is 10.1. The summed E-state index contributed by atoms with van der Waals surface area (Å²) in [7, 11) is 1.90. The molecule has 0 bridgehead atoms. The molecule has 0 aliphatic carbocycles. The van der Waals surface area contributed by atoms with Crippen molar-refractivity contribution in [2.45, 2.75) is 25.5 Å². The SMILES string of the molecule is CCC1CN(C(=O)c2ccc(NC)c(C)c2)CCS1. The van der Waals surface area contributed by atoms with Crippen molar-refractivity contribution in [2.75, 3.05) is 31.2 Å². The first kappa shape index (κ1) is 14.3. The summed E-state index contributed by atoms with van der Waals surface area (Å²) >= 11 is 1.98. The first-order valence-electron chi connectivity index (χ1n) is 6.85. The minimum Gasteiger partial charge on any atom is -0.388 e. The van der Waals surface area contributed by atoms with E-state index in [2.05, 4.69) is 12.2 Å². The topological polar surface area (TPSA) is 32.3 Å². The van der Waals surface area contributed by atoms with Gasteiger partial charge in [-0.2, -0.15) is 11.8 Å². The molecular formula is C15H22N2OS. The Balaban J connectivity index is 2.12. The number of aryl methyl sites for hydroxylation is 1. The number of hydrogen-bond acceptors (Lipinski definition) is 3. The molecule has 1 saturated heterocycles. The number of anilines is 1. The predicted octanol–water partition coefficient (Wildman–Crippen LogP) is 3.00. The van der Waals surface area contributed by atoms with Crippen LogP contribution in [0.15, 0.2) is 18.2 Å². The van der Waals surface area contributed by atoms with Gasteiger partial charge in [-0.3, -0.25) is 4.79 Å². The van der Waals surface area contributed by atoms with E-state index in [1.54, 1.807) is 0 Å². The fourth-order valence-electron chi connectivity index (χ4n) is 2.41. The van der Waals surface area contributed by atoms with Crippen LogP contribution in [0.25, 0.3) is 0 Å². The summed E-state index contributed by atoms with van der Waals surface area (Å²) in [5.41, 5.74) is 3.00. The summed E-state index contributed by atoms with van der Waals surface area (Å²) in [6, 6.07) is 5.89. The van der Waals surface area contributed by atoms with Gasteiger partial charge in [-0.05, 0) is 37.1 Å². The van der Waals surface area contributed by atoms with Crippen LogP contribution in [0.3, 0.4) is 0 Å². The summed E-state index contributed by atoms with van der Waals surface area (Å²) in [5.74, 6) is 1.22. The second-order valence-corrected chi connectivity index (χ2v) is 6.34. The van der Waals surface area contributed by atoms with E-state index in [9.17, 15) is 4.79 Å². The Morgan fingerprint density at radius 2 is 2.32 bits per heavy atom. The maximum Gasteiger partial charge on any atom is 0.253 e. The van der Waals surface area contributed by atoms with E-state index < -0.39 is 0 Å². The molecule has 1 N–H and O–H groups in total. The molecule has 1 aliphatic rings. The van der Waals surface area contributed by atoms with Crippen molar-refractivity contribution < 1.29 is 4.79 Å². The molecule has 4 heteroatoms. The highest BCUT2D eigenvalue weighted by Gasteiger charge is 2.23. The molecule has 3 nitrogen and oxygen atoms in total. The lowest BCUT2D eigenvalue weighted by Crippen LogP contribution is -2.41. The smallest absolute Gasteiger partial charge is 0.253 e. The van der Waals surface area contributed by atoms with Gasteiger partial charge in [0.05, 0.1) is 0 Å². The van der Waals surface area contributed by atoms with E-state index in [1.807, 2.05) is 48.8 Å². The highest BCUT2D eigenvalue weighted by atomic mass is 32.2. The van der Waals surface area contributed by atoms with Crippen molar-refractivity contribution in [3.05, 3.63) is 29.3 Å². The van der Waals surface area contributed by atoms with Crippen LogP contribution in [0, 0.1) is 6.92 Å². The standard InChI is InChI=1S/C15H22N2OS/c1-4-13-10-17(7-8-19-13)15(18)12-5-6-14(16-3)11(2)9-12/h5-6,9,13,16H,4,7-8,10H2,1-3H3. The summed E-state index contributed by atoms with van der Waals surface area (Å²) < 4.78 is 0. The van der Waals surface area contributed by atoms with Crippen molar-refractivity contribution in [2.24, 2.45) is 0 Å². The average Bonchev–Trinajstić information content (AvgIpc) is 2.46. The first-order chi connectivity index (χ1) is 9.15. The normalized spacial score (nSPS) is 19.3. The van der Waals surface area contributed by atoms with Gasteiger partial charge in [0, 0.05) is 42.4 Å². The highest BCUT2D eigenvalue weighted by Crippen LogP contribution is 2.23. The van der Waals surface area contributed by atoms with Crippen LogP contribution in [0.2, 0.25) is 0 Å². The maximum absolute atomic E-state index is 12.5. The quantitative estimate of drug-likeness (QED) is 0.922. The minimum atomic E-state index is 0.171. The van der Waals surface area contributed by atoms with Crippen LogP contribution < -0.4 is 5.32 Å². The van der Waals surface area contributed by atoms with Crippen LogP contribution in [0.5, 0.6) is 0 Å². The Bertz CT molecular complexity index is 461. The minimum absolute atomic E-state index is 0.171. The molecule has 1 fully saturated rings. The van der Waals surface area contributed by atoms with Gasteiger partial charge in [-0.25, -0.2) is 0 Å². The Morgan fingerprint density at radius 1 is 1.53 bits per heavy atom. The van der Waals surface area contributed by atoms with Crippen LogP contribution >= 0.6 is 11.8 Å². The Hall–Kier alpha value is -1.16. The van der Waals surface area contributed by atoms with Gasteiger partial charge in [0.15, 0.2) is 0 Å². The molecule has 1 aromatic rings. The average molecular weight is 278 g/mol. The first-order valence-corrected chi connectivity index (χ1v) is 7.89. The largest absolute Gasteiger partial charge is 0.388 e. The number of nitrogens with one attached hydrogen (secondary N) is 1. The van der Waals surface area contributed by atoms with E-state index in [4.69, 9.17) is 0 Å². The zero-order valence-electron chi connectivity index (χ0n) is 11.9. The van der Waals surface area contributed by atoms with E-state index in [0.717, 1.165) is 42.1 Å². The Kier molecular flexibility index (Phi) is 4.75. The number of carbonyl (C=O) groups excluding carboxylic acids is 1. The Morgan fingerprint density at radius 3 is 2.95 bits per heavy atom. The molecule has 1 amide bonds. The van der Waals surface area contributed by atoms with Crippen LogP contribution in [-0.2, 0) is 0 Å². The molecule has 1 aromatic carbocycles. The second kappa shape index (κ2) is 6.33. The van der Waals surface area contributed by atoms with Gasteiger partial charge >= 0.3 is 0 Å². The fourth-order valence-corrected chi connectivity index (χ4v) is 3.59. The summed E-state index contributed by atoms with van der Waals surface area (Å²) in [5, 5.41) is 3.72. The zero-order valence-corrected chi connectivity index (χ0v) is 12.7. The number of hydrogen-bond donors (Lipinski definition) is 1. The zero-order chi connectivity index (χ0) is 13.8. The van der Waals surface area contributed by atoms with Gasteiger partial charge in [-0.1, -0.05) is 6.92 Å². The van der Waals surface area contributed by atoms with Crippen molar-refractivity contribution in [1.82, 2.24) is 4.90 Å². The van der Waals surface area contributed by atoms with Gasteiger partial charge in [0.1, 0.15) is 0 Å². The molecule has 0 saturated carbocycles. The number of rotatable bonds is 3. The van der Waals surface area contributed by atoms with Gasteiger partial charge in [0.25, 0.3) is 5.91 Å². The molecule has 0 spiro atoms. The summed E-state index contributed by atoms with van der Waals surface area (Å²) in [6.45, 7) is 5.97. The third-order valence-corrected chi connectivity index (χ3v) is 5.00. The number of nitrogens with zero attached hydrogens (tertiary/aromatic N) is 1. The summed E-state index contributed by atoms with van der Waals surface area (Å²) in [6.07, 6.45) is 1.13. The number of benzene rings is 1. The van der Waals surface area contributed by atoms with Crippen LogP contribution in [0.4, 0.5) is 5.69 Å². The van der Waals surface area contributed by atoms with E-state index in [0.29, 0.717) is 5.25 Å². The third-order valence-electron chi connectivity index (χ3n) is 3.62. The van der Waals surface area contributed by atoms with Crippen molar-refractivity contribution in [1.29, 1.82) is 0 Å². The molecular weight excluding hydrogens is 256 g/mol. The van der Waals surface area contributed by atoms with Gasteiger partial charge in [0.2, 0.25) is 0 Å². The third kappa shape index (κ3) is 3.24. The van der Waals surface area contributed by atoms with E-state index in [1.165, 1.54) is 0 Å². The summed E-state index contributed by atoms with van der Waals surface area (Å²) in [4.78, 5) is 14.5. The molecule has 1 aliphatic heterocycles. The van der Waals surface area contributed by atoms with Crippen molar-refractivity contribution >= 4 is 23.4 Å². The van der Waals surface area contributed by atoms with Crippen molar-refractivity contribution in [3.8, 4) is 0 Å². The predicted molar refractivity (Wildman–Crippen MR) is 83.2 cm³/mol. The number of thioether (sulfide) groups is 1. The monoisotopic (exact) mass is 278 g/mol. The van der Waals surface area contributed by atoms with E-state index >= 15 is 0 Å². The molecule has 1 atom stereocenters. The lowest BCUT2D eigenvalue weighted by Gasteiger charge is -2.32. The molecule has 0 aromatic heterocycles. The van der Waals surface area contributed by atoms with Gasteiger partial charge < -0.3 is 10.2 Å². The number of amides is 1. The molecule has 104 valence electrons. The highest BCUT2D eigenvalue weighted by molar-refractivity contribution is 8.00. The fraction of sp³-hybridized carbons (Fsp3) is 0.533. The molecule has 2 rings (SSSR count). The molecule has 1 heterocycles. The molecule has 1 unspecified atom stereocenters. The Labute approximate surface area is 119 Å². The van der Waals surface area contributed by atoms with Crippen LogP contribution in [-0.4, -0.2) is 41.9 Å². The maximum atomic E-state index is 12.5. The van der Waals surface area contributed by atoms with Crippen molar-refractivity contribution in [3.63, 3.8) is 0 Å².